The summed E-state index contributed by atoms with van der Waals surface area (Å²) in [6, 6.07) is 2.13. The Morgan fingerprint density at radius 1 is 1.53 bits per heavy atom. The Hall–Kier alpha value is -2.11. The highest BCUT2D eigenvalue weighted by Gasteiger charge is 2.14. The maximum Gasteiger partial charge on any atom is 0.338 e. The minimum absolute atomic E-state index is 0.307. The smallest absolute Gasteiger partial charge is 0.338 e. The van der Waals surface area contributed by atoms with Crippen LogP contribution in [0.4, 0.5) is 4.39 Å². The quantitative estimate of drug-likeness (QED) is 0.727. The molecule has 1 aromatic heterocycles. The van der Waals surface area contributed by atoms with Gasteiger partial charge in [-0.2, -0.15) is 0 Å². The lowest BCUT2D eigenvalue weighted by molar-refractivity contribution is 0.0692. The third kappa shape index (κ3) is 1.30. The molecule has 5 nitrogen and oxygen atoms in total. The molecule has 0 atom stereocenters. The van der Waals surface area contributed by atoms with Crippen LogP contribution >= 0.6 is 0 Å². The molecule has 0 aliphatic carbocycles. The van der Waals surface area contributed by atoms with E-state index in [0.717, 1.165) is 12.1 Å². The Bertz CT molecular complexity index is 612. The average molecular weight is 210 g/mol. The van der Waals surface area contributed by atoms with E-state index in [2.05, 4.69) is 4.98 Å². The van der Waals surface area contributed by atoms with Crippen LogP contribution in [0.1, 0.15) is 10.4 Å². The van der Waals surface area contributed by atoms with Gasteiger partial charge in [-0.25, -0.2) is 14.0 Å². The number of halogens is 1. The van der Waals surface area contributed by atoms with Gasteiger partial charge in [-0.15, -0.1) is 0 Å². The molecule has 0 radical (unpaired) electrons. The molecule has 0 unspecified atom stereocenters. The zero-order valence-electron chi connectivity index (χ0n) is 7.74. The number of carboxylic acid groups (broad SMARTS) is 1. The van der Waals surface area contributed by atoms with Crippen LogP contribution in [0.15, 0.2) is 16.9 Å². The second-order valence-corrected chi connectivity index (χ2v) is 3.14. The highest BCUT2D eigenvalue weighted by molar-refractivity contribution is 5.92. The number of aryl methyl sites for hydroxylation is 1. The van der Waals surface area contributed by atoms with Crippen LogP contribution in [0.2, 0.25) is 0 Å². The Balaban J connectivity index is 2.88. The van der Waals surface area contributed by atoms with Crippen LogP contribution in [0, 0.1) is 5.82 Å². The first kappa shape index (κ1) is 9.45. The summed E-state index contributed by atoms with van der Waals surface area (Å²) in [4.78, 5) is 24.2. The molecule has 1 aromatic carbocycles. The molecule has 15 heavy (non-hydrogen) atoms. The van der Waals surface area contributed by atoms with Gasteiger partial charge >= 0.3 is 11.7 Å². The standard InChI is InChI=1S/C9H7FN2O3/c1-12-7-3-5(10)4(8(13)14)2-6(7)11-9(12)15/h2-3H,1H3,(H,11,15)(H,13,14). The average Bonchev–Trinajstić information content (AvgIpc) is 2.43. The number of nitrogens with one attached hydrogen (secondary N) is 1. The summed E-state index contributed by atoms with van der Waals surface area (Å²) < 4.78 is 14.5. The lowest BCUT2D eigenvalue weighted by Crippen LogP contribution is -2.11. The van der Waals surface area contributed by atoms with Crippen molar-refractivity contribution in [2.45, 2.75) is 0 Å². The number of nitrogens with zero attached hydrogens (tertiary/aromatic N) is 1. The number of aromatic nitrogens is 2. The van der Waals surface area contributed by atoms with Gasteiger partial charge in [0.1, 0.15) is 5.82 Å². The van der Waals surface area contributed by atoms with E-state index in [1.54, 1.807) is 0 Å². The molecule has 0 aliphatic rings. The normalized spacial score (nSPS) is 10.8. The van der Waals surface area contributed by atoms with Gasteiger partial charge < -0.3 is 10.1 Å². The van der Waals surface area contributed by atoms with Crippen molar-refractivity contribution < 1.29 is 14.3 Å². The summed E-state index contributed by atoms with van der Waals surface area (Å²) in [7, 11) is 1.47. The lowest BCUT2D eigenvalue weighted by Gasteiger charge is -1.98. The zero-order chi connectivity index (χ0) is 11.2. The van der Waals surface area contributed by atoms with Crippen LogP contribution < -0.4 is 5.69 Å². The zero-order valence-corrected chi connectivity index (χ0v) is 7.74. The SMILES string of the molecule is Cn1c(=O)[nH]c2cc(C(=O)O)c(F)cc21. The molecule has 0 bridgehead atoms. The summed E-state index contributed by atoms with van der Waals surface area (Å²) in [5, 5.41) is 8.66. The molecular formula is C9H7FN2O3. The van der Waals surface area contributed by atoms with Gasteiger partial charge in [-0.05, 0) is 6.07 Å². The molecule has 2 rings (SSSR count). The number of carboxylic acids is 1. The fraction of sp³-hybridized carbons (Fsp3) is 0.111. The monoisotopic (exact) mass is 210 g/mol. The molecule has 0 spiro atoms. The molecule has 0 fully saturated rings. The molecule has 0 amide bonds. The van der Waals surface area contributed by atoms with Gasteiger partial charge in [-0.3, -0.25) is 4.57 Å². The molecule has 0 saturated heterocycles. The maximum atomic E-state index is 13.2. The first-order valence-corrected chi connectivity index (χ1v) is 4.12. The van der Waals surface area contributed by atoms with E-state index in [1.807, 2.05) is 0 Å². The van der Waals surface area contributed by atoms with Crippen molar-refractivity contribution >= 4 is 17.0 Å². The number of fused-ring (bicyclic) bond motifs is 1. The van der Waals surface area contributed by atoms with Gasteiger partial charge in [0.25, 0.3) is 0 Å². The maximum absolute atomic E-state index is 13.2. The number of aromatic amines is 1. The van der Waals surface area contributed by atoms with Gasteiger partial charge in [0.15, 0.2) is 0 Å². The third-order valence-corrected chi connectivity index (χ3v) is 2.22. The largest absolute Gasteiger partial charge is 0.478 e. The van der Waals surface area contributed by atoms with E-state index in [4.69, 9.17) is 5.11 Å². The Labute approximate surface area is 82.8 Å². The van der Waals surface area contributed by atoms with Gasteiger partial charge in [0.05, 0.1) is 16.6 Å². The van der Waals surface area contributed by atoms with Gasteiger partial charge in [-0.1, -0.05) is 0 Å². The molecule has 78 valence electrons. The summed E-state index contributed by atoms with van der Waals surface area (Å²) >= 11 is 0. The second-order valence-electron chi connectivity index (χ2n) is 3.14. The molecular weight excluding hydrogens is 203 g/mol. The van der Waals surface area contributed by atoms with Crippen LogP contribution in [0.5, 0.6) is 0 Å². The van der Waals surface area contributed by atoms with E-state index >= 15 is 0 Å². The summed E-state index contributed by atoms with van der Waals surface area (Å²) in [6.45, 7) is 0. The number of imidazole rings is 1. The number of benzene rings is 1. The minimum Gasteiger partial charge on any atom is -0.478 e. The molecule has 1 heterocycles. The van der Waals surface area contributed by atoms with E-state index < -0.39 is 23.0 Å². The van der Waals surface area contributed by atoms with Crippen LogP contribution in [-0.2, 0) is 7.05 Å². The Morgan fingerprint density at radius 2 is 2.20 bits per heavy atom. The van der Waals surface area contributed by atoms with Crippen LogP contribution in [0.3, 0.4) is 0 Å². The number of H-pyrrole nitrogens is 1. The van der Waals surface area contributed by atoms with Crippen LogP contribution in [-0.4, -0.2) is 20.6 Å². The van der Waals surface area contributed by atoms with Crippen molar-refractivity contribution in [2.24, 2.45) is 7.05 Å². The van der Waals surface area contributed by atoms with Crippen molar-refractivity contribution in [3.63, 3.8) is 0 Å². The molecule has 2 aromatic rings. The number of aromatic carboxylic acids is 1. The van der Waals surface area contributed by atoms with Crippen molar-refractivity contribution in [3.8, 4) is 0 Å². The van der Waals surface area contributed by atoms with Gasteiger partial charge in [0, 0.05) is 13.1 Å². The number of carbonyl (C=O) groups is 1. The van der Waals surface area contributed by atoms with Gasteiger partial charge in [0.2, 0.25) is 0 Å². The van der Waals surface area contributed by atoms with Crippen molar-refractivity contribution in [1.29, 1.82) is 0 Å². The topological polar surface area (TPSA) is 75.1 Å². The molecule has 0 saturated carbocycles. The highest BCUT2D eigenvalue weighted by Crippen LogP contribution is 2.16. The molecule has 0 aliphatic heterocycles. The summed E-state index contributed by atoms with van der Waals surface area (Å²) in [5.74, 6) is -2.22. The highest BCUT2D eigenvalue weighted by atomic mass is 19.1. The number of hydrogen-bond donors (Lipinski definition) is 2. The predicted molar refractivity (Wildman–Crippen MR) is 50.5 cm³/mol. The first-order chi connectivity index (χ1) is 7.00. The van der Waals surface area contributed by atoms with E-state index in [0.29, 0.717) is 11.0 Å². The van der Waals surface area contributed by atoms with E-state index in [-0.39, 0.29) is 0 Å². The fourth-order valence-electron chi connectivity index (χ4n) is 1.41. The second kappa shape index (κ2) is 2.94. The van der Waals surface area contributed by atoms with Crippen LogP contribution in [0.25, 0.3) is 11.0 Å². The van der Waals surface area contributed by atoms with Crippen molar-refractivity contribution in [2.75, 3.05) is 0 Å². The Kier molecular flexibility index (Phi) is 1.85. The van der Waals surface area contributed by atoms with Crippen molar-refractivity contribution in [3.05, 3.63) is 34.0 Å². The molecule has 2 N–H and O–H groups in total. The molecule has 6 heteroatoms. The number of hydrogen-bond acceptors (Lipinski definition) is 2. The van der Waals surface area contributed by atoms with Crippen molar-refractivity contribution in [1.82, 2.24) is 9.55 Å². The summed E-state index contributed by atoms with van der Waals surface area (Å²) in [6.07, 6.45) is 0. The summed E-state index contributed by atoms with van der Waals surface area (Å²) in [5.41, 5.74) is -0.222. The fourth-order valence-corrected chi connectivity index (χ4v) is 1.41. The predicted octanol–water partition coefficient (Wildman–Crippen LogP) is 0.704. The van der Waals surface area contributed by atoms with E-state index in [1.165, 1.54) is 11.6 Å². The lowest BCUT2D eigenvalue weighted by atomic mass is 10.2. The van der Waals surface area contributed by atoms with E-state index in [9.17, 15) is 14.0 Å². The first-order valence-electron chi connectivity index (χ1n) is 4.12. The Morgan fingerprint density at radius 3 is 2.80 bits per heavy atom. The minimum atomic E-state index is -1.36. The number of rotatable bonds is 1. The third-order valence-electron chi connectivity index (χ3n) is 2.22.